The molecule has 0 spiro atoms. The molecule has 8 heteroatoms. The van der Waals surface area contributed by atoms with Crippen LogP contribution in [-0.4, -0.2) is 30.5 Å². The number of aryl methyl sites for hydroxylation is 2. The number of anilines is 2. The van der Waals surface area contributed by atoms with E-state index in [0.29, 0.717) is 21.9 Å². The van der Waals surface area contributed by atoms with Crippen molar-refractivity contribution >= 4 is 39.8 Å². The number of hydrogen-bond donors (Lipinski definition) is 2. The fraction of sp³-hybridized carbons (Fsp3) is 0.345. The lowest BCUT2D eigenvalue weighted by Gasteiger charge is -2.16. The standard InChI is InChI=1S/C29H32N2O5S/c1-5-35-29(34)25-22-10-6-7-12-24(22)37-28(25)31-27(33)20-13-15-21(16-14-20)36-19(4)26(32)30-23-11-8-9-17(2)18(23)3/h8-9,11,13-16,19H,5-7,10,12H2,1-4H3,(H,30,32)(H,31,33)/t19-/m1/s1. The quantitative estimate of drug-likeness (QED) is 0.351. The van der Waals surface area contributed by atoms with Crippen LogP contribution in [0.15, 0.2) is 42.5 Å². The van der Waals surface area contributed by atoms with Crippen LogP contribution in [0.4, 0.5) is 10.7 Å². The van der Waals surface area contributed by atoms with Crippen LogP contribution in [0.1, 0.15) is 69.0 Å². The van der Waals surface area contributed by atoms with Crippen molar-refractivity contribution in [3.63, 3.8) is 0 Å². The minimum Gasteiger partial charge on any atom is -0.481 e. The highest BCUT2D eigenvalue weighted by atomic mass is 32.1. The van der Waals surface area contributed by atoms with E-state index in [9.17, 15) is 14.4 Å². The number of carbonyl (C=O) groups is 3. The van der Waals surface area contributed by atoms with E-state index < -0.39 is 12.1 Å². The summed E-state index contributed by atoms with van der Waals surface area (Å²) in [6.07, 6.45) is 3.09. The fourth-order valence-electron chi connectivity index (χ4n) is 4.31. The van der Waals surface area contributed by atoms with E-state index in [2.05, 4.69) is 10.6 Å². The summed E-state index contributed by atoms with van der Waals surface area (Å²) in [5.74, 6) is -0.506. The summed E-state index contributed by atoms with van der Waals surface area (Å²) < 4.78 is 11.1. The molecule has 37 heavy (non-hydrogen) atoms. The maximum Gasteiger partial charge on any atom is 0.341 e. The van der Waals surface area contributed by atoms with Crippen molar-refractivity contribution in [1.29, 1.82) is 0 Å². The Bertz CT molecular complexity index is 1310. The van der Waals surface area contributed by atoms with E-state index in [1.165, 1.54) is 11.3 Å². The molecule has 0 fully saturated rings. The van der Waals surface area contributed by atoms with Crippen molar-refractivity contribution in [3.8, 4) is 5.75 Å². The van der Waals surface area contributed by atoms with E-state index in [1.54, 1.807) is 38.1 Å². The Labute approximate surface area is 221 Å². The number of fused-ring (bicyclic) bond motifs is 1. The molecule has 0 saturated heterocycles. The number of hydrogen-bond acceptors (Lipinski definition) is 6. The van der Waals surface area contributed by atoms with Crippen LogP contribution < -0.4 is 15.4 Å². The molecule has 1 aromatic heterocycles. The molecule has 1 aliphatic carbocycles. The van der Waals surface area contributed by atoms with E-state index in [1.807, 2.05) is 32.0 Å². The number of carbonyl (C=O) groups excluding carboxylic acids is 3. The highest BCUT2D eigenvalue weighted by molar-refractivity contribution is 7.17. The topological polar surface area (TPSA) is 93.7 Å². The summed E-state index contributed by atoms with van der Waals surface area (Å²) in [7, 11) is 0. The molecule has 2 N–H and O–H groups in total. The van der Waals surface area contributed by atoms with Crippen molar-refractivity contribution in [3.05, 3.63) is 75.2 Å². The lowest BCUT2D eigenvalue weighted by molar-refractivity contribution is -0.122. The number of rotatable bonds is 8. The molecule has 0 radical (unpaired) electrons. The Balaban J connectivity index is 1.42. The predicted octanol–water partition coefficient (Wildman–Crippen LogP) is 6.08. The summed E-state index contributed by atoms with van der Waals surface area (Å²) in [4.78, 5) is 39.4. The summed E-state index contributed by atoms with van der Waals surface area (Å²) in [5.41, 5.74) is 4.76. The molecule has 1 heterocycles. The number of thiophene rings is 1. The molecular formula is C29H32N2O5S. The molecule has 3 aromatic rings. The molecule has 2 amide bonds. The van der Waals surface area contributed by atoms with Gasteiger partial charge in [-0.25, -0.2) is 4.79 Å². The van der Waals surface area contributed by atoms with Gasteiger partial charge in [-0.15, -0.1) is 11.3 Å². The van der Waals surface area contributed by atoms with Crippen molar-refractivity contribution < 1.29 is 23.9 Å². The van der Waals surface area contributed by atoms with E-state index >= 15 is 0 Å². The second-order valence-electron chi connectivity index (χ2n) is 9.11. The van der Waals surface area contributed by atoms with Crippen LogP contribution in [-0.2, 0) is 22.4 Å². The maximum atomic E-state index is 13.0. The Hall–Kier alpha value is -3.65. The van der Waals surface area contributed by atoms with Crippen LogP contribution in [0.3, 0.4) is 0 Å². The number of nitrogens with one attached hydrogen (secondary N) is 2. The van der Waals surface area contributed by atoms with Gasteiger partial charge in [-0.2, -0.15) is 0 Å². The second kappa shape index (κ2) is 11.6. The summed E-state index contributed by atoms with van der Waals surface area (Å²) in [6, 6.07) is 12.3. The molecule has 7 nitrogen and oxygen atoms in total. The van der Waals surface area contributed by atoms with Gasteiger partial charge >= 0.3 is 5.97 Å². The predicted molar refractivity (Wildman–Crippen MR) is 146 cm³/mol. The summed E-state index contributed by atoms with van der Waals surface area (Å²) >= 11 is 1.45. The second-order valence-corrected chi connectivity index (χ2v) is 10.2. The van der Waals surface area contributed by atoms with Gasteiger partial charge in [-0.05, 0) is 100 Å². The first-order valence-electron chi connectivity index (χ1n) is 12.5. The number of amides is 2. The summed E-state index contributed by atoms with van der Waals surface area (Å²) in [6.45, 7) is 7.68. The van der Waals surface area contributed by atoms with Crippen molar-refractivity contribution in [2.45, 2.75) is 59.5 Å². The SMILES string of the molecule is CCOC(=O)c1c(NC(=O)c2ccc(O[C@H](C)C(=O)Nc3cccc(C)c3C)cc2)sc2c1CCCC2. The molecule has 1 aliphatic rings. The monoisotopic (exact) mass is 520 g/mol. The minimum absolute atomic E-state index is 0.260. The molecule has 0 saturated carbocycles. The molecule has 0 unspecified atom stereocenters. The third kappa shape index (κ3) is 6.02. The van der Waals surface area contributed by atoms with Gasteiger partial charge in [0.2, 0.25) is 0 Å². The van der Waals surface area contributed by atoms with Crippen LogP contribution in [0.25, 0.3) is 0 Å². The minimum atomic E-state index is -0.732. The number of ether oxygens (including phenoxy) is 2. The van der Waals surface area contributed by atoms with Crippen molar-refractivity contribution in [2.24, 2.45) is 0 Å². The Kier molecular flexibility index (Phi) is 8.28. The Morgan fingerprint density at radius 3 is 2.46 bits per heavy atom. The Morgan fingerprint density at radius 1 is 1.00 bits per heavy atom. The third-order valence-electron chi connectivity index (χ3n) is 6.54. The average molecular weight is 521 g/mol. The molecule has 0 bridgehead atoms. The zero-order valence-corrected chi connectivity index (χ0v) is 22.4. The largest absolute Gasteiger partial charge is 0.481 e. The molecule has 194 valence electrons. The molecule has 0 aliphatic heterocycles. The van der Waals surface area contributed by atoms with Crippen LogP contribution in [0, 0.1) is 13.8 Å². The molecular weight excluding hydrogens is 488 g/mol. The zero-order valence-electron chi connectivity index (χ0n) is 21.6. The highest BCUT2D eigenvalue weighted by Gasteiger charge is 2.27. The molecule has 4 rings (SSSR count). The normalized spacial score (nSPS) is 13.3. The van der Waals surface area contributed by atoms with Gasteiger partial charge in [-0.1, -0.05) is 12.1 Å². The molecule has 1 atom stereocenters. The number of esters is 1. The average Bonchev–Trinajstić information content (AvgIpc) is 3.25. The smallest absolute Gasteiger partial charge is 0.341 e. The van der Waals surface area contributed by atoms with Crippen molar-refractivity contribution in [2.75, 3.05) is 17.2 Å². The first kappa shape index (κ1) is 26.4. The van der Waals surface area contributed by atoms with Gasteiger partial charge in [0.05, 0.1) is 12.2 Å². The van der Waals surface area contributed by atoms with Crippen molar-refractivity contribution in [1.82, 2.24) is 0 Å². The van der Waals surface area contributed by atoms with Gasteiger partial charge in [0, 0.05) is 16.1 Å². The van der Waals surface area contributed by atoms with Gasteiger partial charge < -0.3 is 20.1 Å². The molecule has 2 aromatic carbocycles. The lowest BCUT2D eigenvalue weighted by atomic mass is 9.95. The lowest BCUT2D eigenvalue weighted by Crippen LogP contribution is -2.30. The van der Waals surface area contributed by atoms with E-state index in [0.717, 1.165) is 52.9 Å². The van der Waals surface area contributed by atoms with Gasteiger partial charge in [0.1, 0.15) is 10.8 Å². The zero-order chi connectivity index (χ0) is 26.5. The first-order valence-corrected chi connectivity index (χ1v) is 13.4. The van der Waals surface area contributed by atoms with Gasteiger partial charge in [0.15, 0.2) is 6.10 Å². The van der Waals surface area contributed by atoms with Crippen LogP contribution >= 0.6 is 11.3 Å². The maximum absolute atomic E-state index is 13.0. The van der Waals surface area contributed by atoms with E-state index in [4.69, 9.17) is 9.47 Å². The first-order chi connectivity index (χ1) is 17.8. The Morgan fingerprint density at radius 2 is 1.73 bits per heavy atom. The van der Waals surface area contributed by atoms with Gasteiger partial charge in [-0.3, -0.25) is 9.59 Å². The van der Waals surface area contributed by atoms with Gasteiger partial charge in [0.25, 0.3) is 11.8 Å². The van der Waals surface area contributed by atoms with Crippen LogP contribution in [0.2, 0.25) is 0 Å². The fourth-order valence-corrected chi connectivity index (χ4v) is 5.58. The van der Waals surface area contributed by atoms with Crippen LogP contribution in [0.5, 0.6) is 5.75 Å². The summed E-state index contributed by atoms with van der Waals surface area (Å²) in [5, 5.41) is 6.35. The number of benzene rings is 2. The highest BCUT2D eigenvalue weighted by Crippen LogP contribution is 2.39. The third-order valence-corrected chi connectivity index (χ3v) is 7.75. The van der Waals surface area contributed by atoms with E-state index in [-0.39, 0.29) is 18.4 Å².